The first-order valence-electron chi connectivity index (χ1n) is 5.54. The molecular formula is C15H12BrNO. The van der Waals surface area contributed by atoms with E-state index in [1.54, 1.807) is 6.08 Å². The zero-order chi connectivity index (χ0) is 12.8. The van der Waals surface area contributed by atoms with Crippen LogP contribution < -0.4 is 5.32 Å². The molecule has 0 aliphatic rings. The van der Waals surface area contributed by atoms with E-state index in [0.717, 1.165) is 15.7 Å². The Bertz CT molecular complexity index is 546. The fraction of sp³-hybridized carbons (Fsp3) is 0. The lowest BCUT2D eigenvalue weighted by atomic mass is 10.2. The Labute approximate surface area is 114 Å². The van der Waals surface area contributed by atoms with Crippen LogP contribution in [0.1, 0.15) is 5.56 Å². The van der Waals surface area contributed by atoms with Crippen molar-refractivity contribution in [3.8, 4) is 0 Å². The van der Waals surface area contributed by atoms with Crippen LogP contribution >= 0.6 is 15.9 Å². The molecule has 0 saturated carbocycles. The van der Waals surface area contributed by atoms with E-state index in [1.165, 1.54) is 6.08 Å². The van der Waals surface area contributed by atoms with Crippen molar-refractivity contribution in [1.29, 1.82) is 0 Å². The van der Waals surface area contributed by atoms with E-state index in [9.17, 15) is 4.79 Å². The molecule has 90 valence electrons. The molecule has 0 heterocycles. The molecule has 1 amide bonds. The fourth-order valence-electron chi connectivity index (χ4n) is 1.45. The van der Waals surface area contributed by atoms with E-state index in [1.807, 2.05) is 54.6 Å². The molecular weight excluding hydrogens is 290 g/mol. The SMILES string of the molecule is O=C(C=Cc1ccc(Br)cc1)Nc1ccccc1. The van der Waals surface area contributed by atoms with E-state index in [4.69, 9.17) is 0 Å². The van der Waals surface area contributed by atoms with Crippen molar-refractivity contribution in [2.75, 3.05) is 5.32 Å². The van der Waals surface area contributed by atoms with Crippen LogP contribution in [0.3, 0.4) is 0 Å². The first kappa shape index (κ1) is 12.6. The number of rotatable bonds is 3. The highest BCUT2D eigenvalue weighted by molar-refractivity contribution is 9.10. The fourth-order valence-corrected chi connectivity index (χ4v) is 1.72. The lowest BCUT2D eigenvalue weighted by molar-refractivity contribution is -0.111. The van der Waals surface area contributed by atoms with Gasteiger partial charge in [-0.1, -0.05) is 46.3 Å². The summed E-state index contributed by atoms with van der Waals surface area (Å²) in [4.78, 5) is 11.6. The van der Waals surface area contributed by atoms with Crippen molar-refractivity contribution >= 4 is 33.6 Å². The Hall–Kier alpha value is -1.87. The average Bonchev–Trinajstić information content (AvgIpc) is 2.39. The van der Waals surface area contributed by atoms with E-state index in [2.05, 4.69) is 21.2 Å². The van der Waals surface area contributed by atoms with Crippen molar-refractivity contribution in [2.24, 2.45) is 0 Å². The zero-order valence-electron chi connectivity index (χ0n) is 9.64. The van der Waals surface area contributed by atoms with Crippen molar-refractivity contribution < 1.29 is 4.79 Å². The van der Waals surface area contributed by atoms with E-state index >= 15 is 0 Å². The van der Waals surface area contributed by atoms with Gasteiger partial charge in [-0.05, 0) is 35.9 Å². The predicted molar refractivity (Wildman–Crippen MR) is 78.2 cm³/mol. The topological polar surface area (TPSA) is 29.1 Å². The molecule has 0 unspecified atom stereocenters. The Morgan fingerprint density at radius 3 is 2.33 bits per heavy atom. The molecule has 1 N–H and O–H groups in total. The van der Waals surface area contributed by atoms with Crippen LogP contribution in [0.2, 0.25) is 0 Å². The maximum Gasteiger partial charge on any atom is 0.248 e. The van der Waals surface area contributed by atoms with Gasteiger partial charge >= 0.3 is 0 Å². The molecule has 3 heteroatoms. The van der Waals surface area contributed by atoms with Gasteiger partial charge in [0.1, 0.15) is 0 Å². The number of nitrogens with one attached hydrogen (secondary N) is 1. The molecule has 0 radical (unpaired) electrons. The Morgan fingerprint density at radius 1 is 1.00 bits per heavy atom. The quantitative estimate of drug-likeness (QED) is 0.850. The molecule has 0 fully saturated rings. The Kier molecular flexibility index (Phi) is 4.31. The number of hydrogen-bond donors (Lipinski definition) is 1. The highest BCUT2D eigenvalue weighted by Crippen LogP contribution is 2.11. The summed E-state index contributed by atoms with van der Waals surface area (Å²) >= 11 is 3.37. The summed E-state index contributed by atoms with van der Waals surface area (Å²) in [5.41, 5.74) is 1.78. The highest BCUT2D eigenvalue weighted by Gasteiger charge is 1.96. The van der Waals surface area contributed by atoms with Crippen LogP contribution in [0.5, 0.6) is 0 Å². The Balaban J connectivity index is 1.97. The molecule has 2 nitrogen and oxygen atoms in total. The maximum atomic E-state index is 11.6. The van der Waals surface area contributed by atoms with Crippen molar-refractivity contribution in [3.05, 3.63) is 70.7 Å². The van der Waals surface area contributed by atoms with Crippen LogP contribution in [-0.4, -0.2) is 5.91 Å². The van der Waals surface area contributed by atoms with Gasteiger partial charge in [-0.3, -0.25) is 4.79 Å². The van der Waals surface area contributed by atoms with Crippen molar-refractivity contribution in [1.82, 2.24) is 0 Å². The molecule has 0 aromatic heterocycles. The number of hydrogen-bond acceptors (Lipinski definition) is 1. The molecule has 0 bridgehead atoms. The molecule has 0 spiro atoms. The first-order valence-corrected chi connectivity index (χ1v) is 6.33. The third-order valence-electron chi connectivity index (χ3n) is 2.34. The van der Waals surface area contributed by atoms with Gasteiger partial charge in [0.05, 0.1) is 0 Å². The second kappa shape index (κ2) is 6.17. The van der Waals surface area contributed by atoms with E-state index < -0.39 is 0 Å². The number of para-hydroxylation sites is 1. The monoisotopic (exact) mass is 301 g/mol. The summed E-state index contributed by atoms with van der Waals surface area (Å²) in [6.07, 6.45) is 3.31. The minimum Gasteiger partial charge on any atom is -0.323 e. The summed E-state index contributed by atoms with van der Waals surface area (Å²) in [6.45, 7) is 0. The standard InChI is InChI=1S/C15H12BrNO/c16-13-9-6-12(7-10-13)8-11-15(18)17-14-4-2-1-3-5-14/h1-11H,(H,17,18). The Morgan fingerprint density at radius 2 is 1.67 bits per heavy atom. The van der Waals surface area contributed by atoms with Gasteiger partial charge in [-0.2, -0.15) is 0 Å². The first-order chi connectivity index (χ1) is 8.74. The lowest BCUT2D eigenvalue weighted by Gasteiger charge is -2.00. The normalized spacial score (nSPS) is 10.5. The van der Waals surface area contributed by atoms with E-state index in [-0.39, 0.29) is 5.91 Å². The third kappa shape index (κ3) is 3.86. The van der Waals surface area contributed by atoms with Crippen LogP contribution in [0.15, 0.2) is 65.1 Å². The smallest absolute Gasteiger partial charge is 0.248 e. The molecule has 0 aliphatic heterocycles. The molecule has 0 saturated heterocycles. The van der Waals surface area contributed by atoms with Gasteiger partial charge in [-0.15, -0.1) is 0 Å². The number of benzene rings is 2. The molecule has 2 rings (SSSR count). The summed E-state index contributed by atoms with van der Waals surface area (Å²) in [5.74, 6) is -0.135. The van der Waals surface area contributed by atoms with Gasteiger partial charge < -0.3 is 5.32 Å². The maximum absolute atomic E-state index is 11.6. The summed E-state index contributed by atoms with van der Waals surface area (Å²) < 4.78 is 1.02. The second-order valence-electron chi connectivity index (χ2n) is 3.74. The van der Waals surface area contributed by atoms with Crippen molar-refractivity contribution in [2.45, 2.75) is 0 Å². The number of halogens is 1. The van der Waals surface area contributed by atoms with Gasteiger partial charge in [0.15, 0.2) is 0 Å². The number of carbonyl (C=O) groups excluding carboxylic acids is 1. The molecule has 2 aromatic rings. The number of carbonyl (C=O) groups is 1. The summed E-state index contributed by atoms with van der Waals surface area (Å²) in [6, 6.07) is 17.1. The van der Waals surface area contributed by atoms with Gasteiger partial charge in [0.2, 0.25) is 5.91 Å². The highest BCUT2D eigenvalue weighted by atomic mass is 79.9. The molecule has 0 atom stereocenters. The summed E-state index contributed by atoms with van der Waals surface area (Å²) in [7, 11) is 0. The molecule has 18 heavy (non-hydrogen) atoms. The lowest BCUT2D eigenvalue weighted by Crippen LogP contribution is -2.07. The third-order valence-corrected chi connectivity index (χ3v) is 2.87. The van der Waals surface area contributed by atoms with Gasteiger partial charge in [0.25, 0.3) is 0 Å². The van der Waals surface area contributed by atoms with Crippen LogP contribution in [0, 0.1) is 0 Å². The minimum absolute atomic E-state index is 0.135. The number of amides is 1. The van der Waals surface area contributed by atoms with Gasteiger partial charge in [-0.25, -0.2) is 0 Å². The minimum atomic E-state index is -0.135. The summed E-state index contributed by atoms with van der Waals surface area (Å²) in [5, 5.41) is 2.79. The second-order valence-corrected chi connectivity index (χ2v) is 4.66. The van der Waals surface area contributed by atoms with Crippen LogP contribution in [-0.2, 0) is 4.79 Å². The predicted octanol–water partition coefficient (Wildman–Crippen LogP) is 4.10. The average molecular weight is 302 g/mol. The van der Waals surface area contributed by atoms with Gasteiger partial charge in [0, 0.05) is 16.2 Å². The molecule has 0 aliphatic carbocycles. The largest absolute Gasteiger partial charge is 0.323 e. The van der Waals surface area contributed by atoms with Crippen LogP contribution in [0.25, 0.3) is 6.08 Å². The zero-order valence-corrected chi connectivity index (χ0v) is 11.2. The van der Waals surface area contributed by atoms with Crippen LogP contribution in [0.4, 0.5) is 5.69 Å². The number of anilines is 1. The van der Waals surface area contributed by atoms with Crippen molar-refractivity contribution in [3.63, 3.8) is 0 Å². The van der Waals surface area contributed by atoms with E-state index in [0.29, 0.717) is 0 Å². The molecule has 2 aromatic carbocycles.